The Morgan fingerprint density at radius 2 is 2.11 bits per heavy atom. The predicted octanol–water partition coefficient (Wildman–Crippen LogP) is 2.76. The van der Waals surface area contributed by atoms with Crippen LogP contribution in [-0.2, 0) is 10.0 Å². The summed E-state index contributed by atoms with van der Waals surface area (Å²) in [6, 6.07) is 10.2. The van der Waals surface area contributed by atoms with Gasteiger partial charge in [0, 0.05) is 11.6 Å². The highest BCUT2D eigenvalue weighted by atomic mass is 35.5. The molecule has 2 rings (SSSR count). The van der Waals surface area contributed by atoms with Gasteiger partial charge >= 0.3 is 0 Å². The van der Waals surface area contributed by atoms with Crippen molar-refractivity contribution in [2.75, 3.05) is 13.2 Å². The molecule has 102 valence electrons. The summed E-state index contributed by atoms with van der Waals surface area (Å²) >= 11 is 6.99. The van der Waals surface area contributed by atoms with Gasteiger partial charge in [-0.1, -0.05) is 23.7 Å². The Labute approximate surface area is 121 Å². The van der Waals surface area contributed by atoms with Crippen LogP contribution >= 0.6 is 22.9 Å². The van der Waals surface area contributed by atoms with Gasteiger partial charge in [-0.25, -0.2) is 13.1 Å². The molecule has 7 heteroatoms. The van der Waals surface area contributed by atoms with Crippen molar-refractivity contribution >= 4 is 33.0 Å². The number of halogens is 1. The zero-order chi connectivity index (χ0) is 13.7. The topological polar surface area (TPSA) is 55.4 Å². The standard InChI is InChI=1S/C12H12ClNO3S2/c13-10-3-1-4-11(9-10)17-7-6-14-19(15,16)12-5-2-8-18-12/h1-5,8-9,14H,6-7H2. The molecule has 4 nitrogen and oxygen atoms in total. The number of nitrogens with one attached hydrogen (secondary N) is 1. The van der Waals surface area contributed by atoms with Gasteiger partial charge in [0.25, 0.3) is 0 Å². The minimum Gasteiger partial charge on any atom is -0.492 e. The minimum atomic E-state index is -3.42. The molecule has 0 fully saturated rings. The van der Waals surface area contributed by atoms with E-state index in [2.05, 4.69) is 4.72 Å². The maximum atomic E-state index is 11.8. The molecule has 0 aliphatic rings. The molecule has 1 aromatic carbocycles. The molecule has 0 aliphatic carbocycles. The molecule has 0 spiro atoms. The Balaban J connectivity index is 1.81. The van der Waals surface area contributed by atoms with Gasteiger partial charge in [-0.3, -0.25) is 0 Å². The first kappa shape index (κ1) is 14.3. The van der Waals surface area contributed by atoms with E-state index in [4.69, 9.17) is 16.3 Å². The summed E-state index contributed by atoms with van der Waals surface area (Å²) in [5, 5.41) is 2.30. The van der Waals surface area contributed by atoms with Gasteiger partial charge in [0.05, 0.1) is 0 Å². The van der Waals surface area contributed by atoms with E-state index in [-0.39, 0.29) is 13.2 Å². The third-order valence-electron chi connectivity index (χ3n) is 2.22. The molecule has 19 heavy (non-hydrogen) atoms. The summed E-state index contributed by atoms with van der Waals surface area (Å²) in [6.07, 6.45) is 0. The van der Waals surface area contributed by atoms with E-state index >= 15 is 0 Å². The molecule has 0 unspecified atom stereocenters. The average Bonchev–Trinajstić information content (AvgIpc) is 2.89. The van der Waals surface area contributed by atoms with Crippen molar-refractivity contribution in [2.45, 2.75) is 4.21 Å². The Morgan fingerprint density at radius 3 is 2.79 bits per heavy atom. The summed E-state index contributed by atoms with van der Waals surface area (Å²) in [7, 11) is -3.42. The molecule has 0 aliphatic heterocycles. The van der Waals surface area contributed by atoms with Crippen LogP contribution < -0.4 is 9.46 Å². The fourth-order valence-electron chi connectivity index (χ4n) is 1.39. The van der Waals surface area contributed by atoms with Gasteiger partial charge in [-0.05, 0) is 29.6 Å². The Hall–Kier alpha value is -1.08. The van der Waals surface area contributed by atoms with Gasteiger partial charge in [-0.15, -0.1) is 11.3 Å². The molecule has 0 saturated heterocycles. The number of hydrogen-bond acceptors (Lipinski definition) is 4. The monoisotopic (exact) mass is 317 g/mol. The van der Waals surface area contributed by atoms with E-state index in [0.717, 1.165) is 0 Å². The van der Waals surface area contributed by atoms with E-state index in [1.165, 1.54) is 11.3 Å². The van der Waals surface area contributed by atoms with Crippen LogP contribution in [0, 0.1) is 0 Å². The largest absolute Gasteiger partial charge is 0.492 e. The summed E-state index contributed by atoms with van der Waals surface area (Å²) in [5.74, 6) is 0.614. The highest BCUT2D eigenvalue weighted by molar-refractivity contribution is 7.91. The van der Waals surface area contributed by atoms with Crippen molar-refractivity contribution in [3.05, 3.63) is 46.8 Å². The van der Waals surface area contributed by atoms with Crippen LogP contribution in [0.15, 0.2) is 46.0 Å². The Morgan fingerprint density at radius 1 is 1.26 bits per heavy atom. The third kappa shape index (κ3) is 4.21. The molecule has 1 heterocycles. The number of benzene rings is 1. The predicted molar refractivity (Wildman–Crippen MR) is 76.5 cm³/mol. The maximum Gasteiger partial charge on any atom is 0.250 e. The van der Waals surface area contributed by atoms with Gasteiger partial charge in [0.15, 0.2) is 0 Å². The second-order valence-corrected chi connectivity index (χ2v) is 7.01. The minimum absolute atomic E-state index is 0.201. The van der Waals surface area contributed by atoms with Crippen molar-refractivity contribution in [1.82, 2.24) is 4.72 Å². The van der Waals surface area contributed by atoms with Gasteiger partial charge in [0.2, 0.25) is 10.0 Å². The quantitative estimate of drug-likeness (QED) is 0.833. The van der Waals surface area contributed by atoms with Crippen LogP contribution in [0.4, 0.5) is 0 Å². The lowest BCUT2D eigenvalue weighted by molar-refractivity contribution is 0.323. The van der Waals surface area contributed by atoms with E-state index in [1.807, 2.05) is 0 Å². The van der Waals surface area contributed by atoms with Crippen molar-refractivity contribution in [2.24, 2.45) is 0 Å². The van der Waals surface area contributed by atoms with E-state index in [1.54, 1.807) is 41.8 Å². The fourth-order valence-corrected chi connectivity index (χ4v) is 3.62. The fraction of sp³-hybridized carbons (Fsp3) is 0.167. The third-order valence-corrected chi connectivity index (χ3v) is 5.31. The first-order valence-corrected chi connectivity index (χ1v) is 8.23. The summed E-state index contributed by atoms with van der Waals surface area (Å²) in [6.45, 7) is 0.442. The Kier molecular flexibility index (Phi) is 4.81. The Bertz CT molecular complexity index is 626. The maximum absolute atomic E-state index is 11.8. The van der Waals surface area contributed by atoms with Crippen LogP contribution in [0.2, 0.25) is 5.02 Å². The van der Waals surface area contributed by atoms with Crippen LogP contribution in [-0.4, -0.2) is 21.6 Å². The molecular formula is C12H12ClNO3S2. The zero-order valence-electron chi connectivity index (χ0n) is 9.87. The lowest BCUT2D eigenvalue weighted by atomic mass is 10.3. The number of hydrogen-bond donors (Lipinski definition) is 1. The first-order valence-electron chi connectivity index (χ1n) is 5.49. The van der Waals surface area contributed by atoms with Crippen LogP contribution in [0.25, 0.3) is 0 Å². The summed E-state index contributed by atoms with van der Waals surface area (Å²) in [5.41, 5.74) is 0. The van der Waals surface area contributed by atoms with Crippen LogP contribution in [0.1, 0.15) is 0 Å². The normalized spacial score (nSPS) is 11.4. The van der Waals surface area contributed by atoms with Crippen LogP contribution in [0.3, 0.4) is 0 Å². The van der Waals surface area contributed by atoms with E-state index in [9.17, 15) is 8.42 Å². The number of sulfonamides is 1. The van der Waals surface area contributed by atoms with Gasteiger partial charge in [-0.2, -0.15) is 0 Å². The lowest BCUT2D eigenvalue weighted by Gasteiger charge is -2.07. The van der Waals surface area contributed by atoms with Crippen molar-refractivity contribution < 1.29 is 13.2 Å². The van der Waals surface area contributed by atoms with E-state index in [0.29, 0.717) is 15.0 Å². The molecule has 1 aromatic heterocycles. The first-order chi connectivity index (χ1) is 9.08. The van der Waals surface area contributed by atoms with Gasteiger partial charge < -0.3 is 4.74 Å². The van der Waals surface area contributed by atoms with Crippen molar-refractivity contribution in [3.8, 4) is 5.75 Å². The lowest BCUT2D eigenvalue weighted by Crippen LogP contribution is -2.27. The molecule has 0 saturated carbocycles. The SMILES string of the molecule is O=S(=O)(NCCOc1cccc(Cl)c1)c1cccs1. The number of ether oxygens (including phenoxy) is 1. The molecule has 0 amide bonds. The second kappa shape index (κ2) is 6.38. The number of rotatable bonds is 6. The molecule has 1 N–H and O–H groups in total. The highest BCUT2D eigenvalue weighted by Gasteiger charge is 2.13. The number of thiophene rings is 1. The summed E-state index contributed by atoms with van der Waals surface area (Å²) < 4.78 is 31.7. The molecule has 0 radical (unpaired) electrons. The highest BCUT2D eigenvalue weighted by Crippen LogP contribution is 2.17. The summed E-state index contributed by atoms with van der Waals surface area (Å²) in [4.78, 5) is 0. The van der Waals surface area contributed by atoms with Gasteiger partial charge in [0.1, 0.15) is 16.6 Å². The molecule has 0 bridgehead atoms. The van der Waals surface area contributed by atoms with E-state index < -0.39 is 10.0 Å². The average molecular weight is 318 g/mol. The smallest absolute Gasteiger partial charge is 0.250 e. The molecule has 0 atom stereocenters. The van der Waals surface area contributed by atoms with Crippen LogP contribution in [0.5, 0.6) is 5.75 Å². The molecular weight excluding hydrogens is 306 g/mol. The van der Waals surface area contributed by atoms with Crippen molar-refractivity contribution in [1.29, 1.82) is 0 Å². The second-order valence-electron chi connectivity index (χ2n) is 3.64. The molecule has 2 aromatic rings. The van der Waals surface area contributed by atoms with Crippen molar-refractivity contribution in [3.63, 3.8) is 0 Å². The zero-order valence-corrected chi connectivity index (χ0v) is 12.3.